The molecule has 100 valence electrons. The van der Waals surface area contributed by atoms with Crippen LogP contribution in [-0.2, 0) is 10.6 Å². The van der Waals surface area contributed by atoms with Gasteiger partial charge in [-0.3, -0.25) is 0 Å². The van der Waals surface area contributed by atoms with Gasteiger partial charge < -0.3 is 9.64 Å². The van der Waals surface area contributed by atoms with E-state index < -0.39 is 0 Å². The maximum absolute atomic E-state index is 6.02. The molecule has 1 aromatic rings. The smallest absolute Gasteiger partial charge is 0.131 e. The third-order valence-electron chi connectivity index (χ3n) is 3.09. The number of aromatic nitrogens is 2. The quantitative estimate of drug-likeness (QED) is 0.791. The number of rotatable bonds is 3. The lowest BCUT2D eigenvalue weighted by atomic mass is 10.2. The summed E-state index contributed by atoms with van der Waals surface area (Å²) in [5.74, 6) is 1.60. The number of nitrogens with zero attached hydrogens (tertiary/aromatic N) is 3. The molecule has 1 aliphatic rings. The molecule has 0 aromatic carbocycles. The molecule has 4 nitrogen and oxygen atoms in total. The van der Waals surface area contributed by atoms with Crippen LogP contribution in [0.15, 0.2) is 6.20 Å². The average Bonchev–Trinajstić information content (AvgIpc) is 2.37. The highest BCUT2D eigenvalue weighted by Gasteiger charge is 2.20. The highest BCUT2D eigenvalue weighted by atomic mass is 35.5. The number of anilines is 1. The normalized spacial score (nSPS) is 20.5. The van der Waals surface area contributed by atoms with Crippen molar-refractivity contribution in [1.82, 2.24) is 9.97 Å². The van der Waals surface area contributed by atoms with Crippen molar-refractivity contribution in [3.63, 3.8) is 0 Å². The SMILES string of the molecule is CC1CN(c2cnc(C(C)C)nc2CCl)CCO1. The lowest BCUT2D eigenvalue weighted by Gasteiger charge is -2.33. The number of ether oxygens (including phenoxy) is 1. The van der Waals surface area contributed by atoms with E-state index in [0.29, 0.717) is 11.8 Å². The van der Waals surface area contributed by atoms with Crippen molar-refractivity contribution < 1.29 is 4.74 Å². The van der Waals surface area contributed by atoms with E-state index >= 15 is 0 Å². The van der Waals surface area contributed by atoms with Gasteiger partial charge in [-0.1, -0.05) is 13.8 Å². The second kappa shape index (κ2) is 5.85. The van der Waals surface area contributed by atoms with Gasteiger partial charge in [-0.05, 0) is 6.92 Å². The minimum absolute atomic E-state index is 0.242. The number of alkyl halides is 1. The molecular weight excluding hydrogens is 250 g/mol. The van der Waals surface area contributed by atoms with Gasteiger partial charge in [-0.2, -0.15) is 0 Å². The van der Waals surface area contributed by atoms with Crippen molar-refractivity contribution in [3.8, 4) is 0 Å². The predicted molar refractivity (Wildman–Crippen MR) is 73.3 cm³/mol. The highest BCUT2D eigenvalue weighted by Crippen LogP contribution is 2.23. The topological polar surface area (TPSA) is 38.2 Å². The molecule has 0 saturated carbocycles. The Morgan fingerprint density at radius 3 is 2.94 bits per heavy atom. The third-order valence-corrected chi connectivity index (χ3v) is 3.34. The van der Waals surface area contributed by atoms with Crippen molar-refractivity contribution >= 4 is 17.3 Å². The van der Waals surface area contributed by atoms with Gasteiger partial charge in [0.1, 0.15) is 5.82 Å². The molecule has 0 spiro atoms. The number of morpholine rings is 1. The standard InChI is InChI=1S/C13H20ClN3O/c1-9(2)13-15-7-12(11(6-14)16-13)17-4-5-18-10(3)8-17/h7,9-10H,4-6,8H2,1-3H3. The van der Waals surface area contributed by atoms with Gasteiger partial charge in [0.15, 0.2) is 0 Å². The molecule has 0 aliphatic carbocycles. The molecule has 2 rings (SSSR count). The zero-order valence-corrected chi connectivity index (χ0v) is 11.9. The van der Waals surface area contributed by atoms with Crippen LogP contribution in [0, 0.1) is 0 Å². The summed E-state index contributed by atoms with van der Waals surface area (Å²) in [5, 5.41) is 0. The van der Waals surface area contributed by atoms with Crippen molar-refractivity contribution in [2.75, 3.05) is 24.6 Å². The van der Waals surface area contributed by atoms with E-state index in [1.807, 2.05) is 6.20 Å². The lowest BCUT2D eigenvalue weighted by Crippen LogP contribution is -2.41. The van der Waals surface area contributed by atoms with E-state index in [9.17, 15) is 0 Å². The molecule has 1 fully saturated rings. The molecule has 1 saturated heterocycles. The minimum atomic E-state index is 0.242. The molecule has 1 aromatic heterocycles. The van der Waals surface area contributed by atoms with E-state index in [0.717, 1.165) is 36.9 Å². The molecular formula is C13H20ClN3O. The molecule has 1 aliphatic heterocycles. The Morgan fingerprint density at radius 1 is 1.56 bits per heavy atom. The van der Waals surface area contributed by atoms with Crippen LogP contribution < -0.4 is 4.90 Å². The van der Waals surface area contributed by atoms with Gasteiger partial charge in [0.2, 0.25) is 0 Å². The maximum Gasteiger partial charge on any atom is 0.131 e. The number of hydrogen-bond acceptors (Lipinski definition) is 4. The Bertz CT molecular complexity index is 411. The van der Waals surface area contributed by atoms with Gasteiger partial charge in [0.25, 0.3) is 0 Å². The fourth-order valence-electron chi connectivity index (χ4n) is 2.10. The zero-order valence-electron chi connectivity index (χ0n) is 11.2. The average molecular weight is 270 g/mol. The lowest BCUT2D eigenvalue weighted by molar-refractivity contribution is 0.0531. The summed E-state index contributed by atoms with van der Waals surface area (Å²) in [5.41, 5.74) is 1.97. The van der Waals surface area contributed by atoms with Crippen LogP contribution in [0.25, 0.3) is 0 Å². The molecule has 0 N–H and O–H groups in total. The van der Waals surface area contributed by atoms with Crippen molar-refractivity contribution in [3.05, 3.63) is 17.7 Å². The summed E-state index contributed by atoms with van der Waals surface area (Å²) in [6, 6.07) is 0. The van der Waals surface area contributed by atoms with E-state index in [2.05, 4.69) is 35.6 Å². The van der Waals surface area contributed by atoms with Gasteiger partial charge in [-0.25, -0.2) is 9.97 Å². The Balaban J connectivity index is 2.26. The molecule has 0 amide bonds. The molecule has 0 bridgehead atoms. The summed E-state index contributed by atoms with van der Waals surface area (Å²) in [6.45, 7) is 8.74. The van der Waals surface area contributed by atoms with Crippen LogP contribution in [0.4, 0.5) is 5.69 Å². The molecule has 5 heteroatoms. The first kappa shape index (κ1) is 13.6. The monoisotopic (exact) mass is 269 g/mol. The highest BCUT2D eigenvalue weighted by molar-refractivity contribution is 6.17. The van der Waals surface area contributed by atoms with Gasteiger partial charge in [0.05, 0.1) is 36.2 Å². The predicted octanol–water partition coefficient (Wildman–Crippen LogP) is 2.56. The van der Waals surface area contributed by atoms with Gasteiger partial charge in [-0.15, -0.1) is 11.6 Å². The Morgan fingerprint density at radius 2 is 2.33 bits per heavy atom. The van der Waals surface area contributed by atoms with E-state index in [1.54, 1.807) is 0 Å². The Hall–Kier alpha value is -0.870. The number of hydrogen-bond donors (Lipinski definition) is 0. The fourth-order valence-corrected chi connectivity index (χ4v) is 2.30. The van der Waals surface area contributed by atoms with Crippen LogP contribution in [0.5, 0.6) is 0 Å². The van der Waals surface area contributed by atoms with E-state index in [4.69, 9.17) is 16.3 Å². The van der Waals surface area contributed by atoms with E-state index in [-0.39, 0.29) is 6.10 Å². The van der Waals surface area contributed by atoms with Crippen molar-refractivity contribution in [2.24, 2.45) is 0 Å². The first-order valence-corrected chi connectivity index (χ1v) is 6.93. The van der Waals surface area contributed by atoms with Gasteiger partial charge >= 0.3 is 0 Å². The molecule has 1 atom stereocenters. The minimum Gasteiger partial charge on any atom is -0.375 e. The Labute approximate surface area is 113 Å². The second-order valence-electron chi connectivity index (χ2n) is 4.98. The summed E-state index contributed by atoms with van der Waals surface area (Å²) >= 11 is 6.02. The maximum atomic E-state index is 6.02. The van der Waals surface area contributed by atoms with Crippen LogP contribution in [0.3, 0.4) is 0 Å². The van der Waals surface area contributed by atoms with Crippen molar-refractivity contribution in [2.45, 2.75) is 38.7 Å². The first-order valence-electron chi connectivity index (χ1n) is 6.40. The summed E-state index contributed by atoms with van der Waals surface area (Å²) in [6.07, 6.45) is 2.14. The summed E-state index contributed by atoms with van der Waals surface area (Å²) in [7, 11) is 0. The molecule has 2 heterocycles. The molecule has 0 radical (unpaired) electrons. The largest absolute Gasteiger partial charge is 0.375 e. The summed E-state index contributed by atoms with van der Waals surface area (Å²) < 4.78 is 5.55. The van der Waals surface area contributed by atoms with Crippen molar-refractivity contribution in [1.29, 1.82) is 0 Å². The fraction of sp³-hybridized carbons (Fsp3) is 0.692. The molecule has 1 unspecified atom stereocenters. The van der Waals surface area contributed by atoms with Crippen LogP contribution in [-0.4, -0.2) is 35.8 Å². The van der Waals surface area contributed by atoms with E-state index in [1.165, 1.54) is 0 Å². The van der Waals surface area contributed by atoms with Crippen LogP contribution >= 0.6 is 11.6 Å². The summed E-state index contributed by atoms with van der Waals surface area (Å²) in [4.78, 5) is 11.3. The molecule has 18 heavy (non-hydrogen) atoms. The first-order chi connectivity index (χ1) is 8.61. The van der Waals surface area contributed by atoms with Gasteiger partial charge in [0, 0.05) is 19.0 Å². The van der Waals surface area contributed by atoms with Crippen LogP contribution in [0.2, 0.25) is 0 Å². The Kier molecular flexibility index (Phi) is 4.40. The van der Waals surface area contributed by atoms with Crippen LogP contribution in [0.1, 0.15) is 38.2 Å². The second-order valence-corrected chi connectivity index (χ2v) is 5.24. The number of halogens is 1. The zero-order chi connectivity index (χ0) is 13.1. The third kappa shape index (κ3) is 2.93.